The summed E-state index contributed by atoms with van der Waals surface area (Å²) in [5.41, 5.74) is 0. The van der Waals surface area contributed by atoms with E-state index in [0.717, 1.165) is 10.8 Å². The molecule has 2 aromatic rings. The van der Waals surface area contributed by atoms with Crippen molar-refractivity contribution >= 4 is 22.4 Å². The second-order valence-electron chi connectivity index (χ2n) is 2.65. The summed E-state index contributed by atoms with van der Waals surface area (Å²) >= 11 is 5.92. The monoisotopic (exact) mass is 178 g/mol. The SMILES string of the molecule is Oc1ccc2cccc(Cl)c2c1. The summed E-state index contributed by atoms with van der Waals surface area (Å²) in [5, 5.41) is 11.8. The van der Waals surface area contributed by atoms with Crippen LogP contribution >= 0.6 is 11.6 Å². The van der Waals surface area contributed by atoms with E-state index in [4.69, 9.17) is 11.6 Å². The van der Waals surface area contributed by atoms with E-state index in [1.54, 1.807) is 12.1 Å². The Morgan fingerprint density at radius 3 is 2.75 bits per heavy atom. The molecule has 1 N–H and O–H groups in total. The molecule has 12 heavy (non-hydrogen) atoms. The molecule has 0 aromatic heterocycles. The van der Waals surface area contributed by atoms with Gasteiger partial charge in [-0.3, -0.25) is 0 Å². The van der Waals surface area contributed by atoms with E-state index in [-0.39, 0.29) is 5.75 Å². The van der Waals surface area contributed by atoms with Crippen LogP contribution in [0.5, 0.6) is 5.75 Å². The summed E-state index contributed by atoms with van der Waals surface area (Å²) < 4.78 is 0. The molecular formula is C10H7ClO. The highest BCUT2D eigenvalue weighted by Gasteiger charge is 1.97. The van der Waals surface area contributed by atoms with E-state index >= 15 is 0 Å². The smallest absolute Gasteiger partial charge is 0.116 e. The minimum Gasteiger partial charge on any atom is -0.508 e. The molecule has 2 rings (SSSR count). The zero-order valence-electron chi connectivity index (χ0n) is 6.29. The van der Waals surface area contributed by atoms with E-state index in [1.165, 1.54) is 0 Å². The first-order valence-corrected chi connectivity index (χ1v) is 4.02. The topological polar surface area (TPSA) is 20.2 Å². The van der Waals surface area contributed by atoms with Crippen LogP contribution in [0.4, 0.5) is 0 Å². The van der Waals surface area contributed by atoms with Crippen molar-refractivity contribution in [1.82, 2.24) is 0 Å². The molecular weight excluding hydrogens is 172 g/mol. The van der Waals surface area contributed by atoms with Gasteiger partial charge in [0.05, 0.1) is 0 Å². The predicted octanol–water partition coefficient (Wildman–Crippen LogP) is 3.20. The number of phenols is 1. The van der Waals surface area contributed by atoms with Crippen molar-refractivity contribution < 1.29 is 5.11 Å². The van der Waals surface area contributed by atoms with Crippen molar-refractivity contribution in [3.63, 3.8) is 0 Å². The quantitative estimate of drug-likeness (QED) is 0.657. The Hall–Kier alpha value is -1.21. The van der Waals surface area contributed by atoms with E-state index < -0.39 is 0 Å². The summed E-state index contributed by atoms with van der Waals surface area (Å²) in [7, 11) is 0. The number of hydrogen-bond donors (Lipinski definition) is 1. The van der Waals surface area contributed by atoms with Gasteiger partial charge in [-0.25, -0.2) is 0 Å². The van der Waals surface area contributed by atoms with Gasteiger partial charge in [-0.05, 0) is 23.6 Å². The summed E-state index contributed by atoms with van der Waals surface area (Å²) in [6.07, 6.45) is 0. The lowest BCUT2D eigenvalue weighted by molar-refractivity contribution is 0.476. The lowest BCUT2D eigenvalue weighted by Gasteiger charge is -1.99. The third-order valence-electron chi connectivity index (χ3n) is 1.81. The Bertz CT molecular complexity index is 423. The Morgan fingerprint density at radius 2 is 1.92 bits per heavy atom. The van der Waals surface area contributed by atoms with Gasteiger partial charge in [0.25, 0.3) is 0 Å². The lowest BCUT2D eigenvalue weighted by atomic mass is 10.1. The van der Waals surface area contributed by atoms with Crippen LogP contribution in [0.2, 0.25) is 5.02 Å². The number of fused-ring (bicyclic) bond motifs is 1. The molecule has 0 unspecified atom stereocenters. The highest BCUT2D eigenvalue weighted by atomic mass is 35.5. The first-order valence-electron chi connectivity index (χ1n) is 3.64. The van der Waals surface area contributed by atoms with E-state index in [9.17, 15) is 5.11 Å². The normalized spacial score (nSPS) is 10.4. The molecule has 0 spiro atoms. The molecule has 0 aliphatic heterocycles. The van der Waals surface area contributed by atoms with Gasteiger partial charge in [-0.2, -0.15) is 0 Å². The van der Waals surface area contributed by atoms with Crippen LogP contribution in [0.1, 0.15) is 0 Å². The molecule has 0 radical (unpaired) electrons. The first kappa shape index (κ1) is 7.44. The van der Waals surface area contributed by atoms with Crippen LogP contribution in [0.3, 0.4) is 0 Å². The van der Waals surface area contributed by atoms with Crippen LogP contribution in [0.15, 0.2) is 36.4 Å². The number of aromatic hydroxyl groups is 1. The van der Waals surface area contributed by atoms with Crippen LogP contribution in [-0.4, -0.2) is 5.11 Å². The van der Waals surface area contributed by atoms with Crippen LogP contribution in [0, 0.1) is 0 Å². The average Bonchev–Trinajstić information content (AvgIpc) is 2.07. The minimum absolute atomic E-state index is 0.246. The number of phenolic OH excluding ortho intramolecular Hbond substituents is 1. The maximum atomic E-state index is 9.20. The van der Waals surface area contributed by atoms with Crippen molar-refractivity contribution in [2.75, 3.05) is 0 Å². The van der Waals surface area contributed by atoms with Gasteiger partial charge in [-0.15, -0.1) is 0 Å². The van der Waals surface area contributed by atoms with Gasteiger partial charge < -0.3 is 5.11 Å². The second kappa shape index (κ2) is 2.68. The molecule has 2 aromatic carbocycles. The number of halogens is 1. The van der Waals surface area contributed by atoms with Crippen molar-refractivity contribution in [2.45, 2.75) is 0 Å². The third kappa shape index (κ3) is 1.12. The fourth-order valence-electron chi connectivity index (χ4n) is 1.22. The Labute approximate surface area is 75.2 Å². The summed E-state index contributed by atoms with van der Waals surface area (Å²) in [6.45, 7) is 0. The molecule has 0 fully saturated rings. The van der Waals surface area contributed by atoms with Gasteiger partial charge in [0.15, 0.2) is 0 Å². The van der Waals surface area contributed by atoms with Crippen molar-refractivity contribution in [1.29, 1.82) is 0 Å². The Kier molecular flexibility index (Phi) is 1.66. The third-order valence-corrected chi connectivity index (χ3v) is 2.14. The Balaban J connectivity index is 2.88. The maximum absolute atomic E-state index is 9.20. The van der Waals surface area contributed by atoms with Crippen molar-refractivity contribution in [2.24, 2.45) is 0 Å². The van der Waals surface area contributed by atoms with E-state index in [2.05, 4.69) is 0 Å². The van der Waals surface area contributed by atoms with Gasteiger partial charge >= 0.3 is 0 Å². The second-order valence-corrected chi connectivity index (χ2v) is 3.05. The Morgan fingerprint density at radius 1 is 1.08 bits per heavy atom. The molecule has 0 atom stereocenters. The number of benzene rings is 2. The summed E-state index contributed by atoms with van der Waals surface area (Å²) in [4.78, 5) is 0. The molecule has 0 amide bonds. The molecule has 0 bridgehead atoms. The number of rotatable bonds is 0. The molecule has 2 heteroatoms. The molecule has 0 heterocycles. The van der Waals surface area contributed by atoms with Crippen LogP contribution in [0.25, 0.3) is 10.8 Å². The fraction of sp³-hybridized carbons (Fsp3) is 0. The molecule has 0 saturated carbocycles. The predicted molar refractivity (Wildman–Crippen MR) is 50.6 cm³/mol. The van der Waals surface area contributed by atoms with Crippen molar-refractivity contribution in [3.8, 4) is 5.75 Å². The first-order chi connectivity index (χ1) is 5.77. The molecule has 60 valence electrons. The van der Waals surface area contributed by atoms with E-state index in [0.29, 0.717) is 5.02 Å². The minimum atomic E-state index is 0.246. The van der Waals surface area contributed by atoms with E-state index in [1.807, 2.05) is 24.3 Å². The molecule has 0 aliphatic carbocycles. The maximum Gasteiger partial charge on any atom is 0.116 e. The summed E-state index contributed by atoms with van der Waals surface area (Å²) in [5.74, 6) is 0.246. The highest BCUT2D eigenvalue weighted by Crippen LogP contribution is 2.26. The highest BCUT2D eigenvalue weighted by molar-refractivity contribution is 6.35. The van der Waals surface area contributed by atoms with Gasteiger partial charge in [0, 0.05) is 10.4 Å². The van der Waals surface area contributed by atoms with Gasteiger partial charge in [0.1, 0.15) is 5.75 Å². The zero-order chi connectivity index (χ0) is 8.55. The van der Waals surface area contributed by atoms with Crippen LogP contribution < -0.4 is 0 Å². The largest absolute Gasteiger partial charge is 0.508 e. The van der Waals surface area contributed by atoms with Crippen molar-refractivity contribution in [3.05, 3.63) is 41.4 Å². The lowest BCUT2D eigenvalue weighted by Crippen LogP contribution is -1.72. The molecule has 0 aliphatic rings. The summed E-state index contributed by atoms with van der Waals surface area (Å²) in [6, 6.07) is 10.8. The molecule has 1 nitrogen and oxygen atoms in total. The van der Waals surface area contributed by atoms with Gasteiger partial charge in [0.2, 0.25) is 0 Å². The molecule has 0 saturated heterocycles. The zero-order valence-corrected chi connectivity index (χ0v) is 7.05. The van der Waals surface area contributed by atoms with Gasteiger partial charge in [-0.1, -0.05) is 29.8 Å². The van der Waals surface area contributed by atoms with Crippen LogP contribution in [-0.2, 0) is 0 Å². The standard InChI is InChI=1S/C10H7ClO/c11-10-3-1-2-7-4-5-8(12)6-9(7)10/h1-6,12H. The fourth-order valence-corrected chi connectivity index (χ4v) is 1.46. The number of hydrogen-bond acceptors (Lipinski definition) is 1. The average molecular weight is 179 g/mol.